The monoisotopic (exact) mass is 282 g/mol. The van der Waals surface area contributed by atoms with Gasteiger partial charge in [-0.25, -0.2) is 4.98 Å². The van der Waals surface area contributed by atoms with Gasteiger partial charge in [0.15, 0.2) is 0 Å². The Morgan fingerprint density at radius 3 is 2.47 bits per heavy atom. The van der Waals surface area contributed by atoms with E-state index in [1.165, 1.54) is 37.5 Å². The van der Waals surface area contributed by atoms with Gasteiger partial charge in [-0.3, -0.25) is 0 Å². The van der Waals surface area contributed by atoms with Crippen LogP contribution in [0.15, 0.2) is 0 Å². The predicted octanol–water partition coefficient (Wildman–Crippen LogP) is 2.98. The van der Waals surface area contributed by atoms with E-state index in [1.807, 2.05) is 0 Å². The first kappa shape index (κ1) is 14.7. The molecule has 0 saturated carbocycles. The molecule has 108 valence electrons. The highest BCUT2D eigenvalue weighted by Crippen LogP contribution is 2.31. The minimum atomic E-state index is 0.0356. The summed E-state index contributed by atoms with van der Waals surface area (Å²) in [6.45, 7) is 12.2. The number of nitrogens with one attached hydrogen (secondary N) is 1. The van der Waals surface area contributed by atoms with Crippen LogP contribution in [0.25, 0.3) is 0 Å². The summed E-state index contributed by atoms with van der Waals surface area (Å²) in [5.41, 5.74) is 0.425. The molecule has 1 aliphatic heterocycles. The van der Waals surface area contributed by atoms with E-state index in [0.717, 1.165) is 17.5 Å². The van der Waals surface area contributed by atoms with E-state index in [9.17, 15) is 0 Å². The third-order valence-electron chi connectivity index (χ3n) is 3.96. The van der Waals surface area contributed by atoms with E-state index in [2.05, 4.69) is 54.3 Å². The van der Waals surface area contributed by atoms with Gasteiger partial charge < -0.3 is 10.2 Å². The molecule has 19 heavy (non-hydrogen) atoms. The molecule has 0 aliphatic carbocycles. The molecule has 1 aliphatic rings. The number of piperidine rings is 1. The average molecular weight is 282 g/mol. The number of hydrogen-bond acceptors (Lipinski definition) is 5. The van der Waals surface area contributed by atoms with E-state index in [-0.39, 0.29) is 5.41 Å². The van der Waals surface area contributed by atoms with Crippen LogP contribution in [-0.4, -0.2) is 40.9 Å². The predicted molar refractivity (Wildman–Crippen MR) is 81.9 cm³/mol. The van der Waals surface area contributed by atoms with Crippen LogP contribution in [0.2, 0.25) is 0 Å². The van der Waals surface area contributed by atoms with Gasteiger partial charge in [0, 0.05) is 23.5 Å². The Morgan fingerprint density at radius 1 is 1.32 bits per heavy atom. The van der Waals surface area contributed by atoms with Crippen LogP contribution in [0.5, 0.6) is 0 Å². The Morgan fingerprint density at radius 2 is 1.95 bits per heavy atom. The smallest absolute Gasteiger partial charge is 0.202 e. The van der Waals surface area contributed by atoms with Gasteiger partial charge in [0.05, 0.1) is 0 Å². The van der Waals surface area contributed by atoms with Gasteiger partial charge in [-0.05, 0) is 38.4 Å². The summed E-state index contributed by atoms with van der Waals surface area (Å²) >= 11 is 1.48. The molecular formula is C14H26N4S. The van der Waals surface area contributed by atoms with Crippen molar-refractivity contribution in [3.05, 3.63) is 5.82 Å². The maximum atomic E-state index is 4.60. The summed E-state index contributed by atoms with van der Waals surface area (Å²) < 4.78 is 4.45. The maximum absolute atomic E-state index is 4.60. The second kappa shape index (κ2) is 5.37. The van der Waals surface area contributed by atoms with Crippen molar-refractivity contribution in [3.8, 4) is 0 Å². The van der Waals surface area contributed by atoms with E-state index in [0.29, 0.717) is 5.41 Å². The molecule has 0 spiro atoms. The summed E-state index contributed by atoms with van der Waals surface area (Å²) in [5.74, 6) is 0.938. The molecule has 1 aromatic rings. The molecule has 1 saturated heterocycles. The topological polar surface area (TPSA) is 41.0 Å². The van der Waals surface area contributed by atoms with Gasteiger partial charge in [-0.1, -0.05) is 27.7 Å². The first-order valence-corrected chi connectivity index (χ1v) is 7.82. The molecule has 1 fully saturated rings. The Labute approximate surface area is 120 Å². The lowest BCUT2D eigenvalue weighted by Gasteiger charge is -2.37. The number of nitrogens with zero attached hydrogens (tertiary/aromatic N) is 3. The molecule has 5 heteroatoms. The largest absolute Gasteiger partial charge is 0.360 e. The van der Waals surface area contributed by atoms with Gasteiger partial charge in [0.2, 0.25) is 5.13 Å². The van der Waals surface area contributed by atoms with E-state index in [4.69, 9.17) is 0 Å². The molecule has 0 atom stereocenters. The number of rotatable bonds is 3. The summed E-state index contributed by atoms with van der Waals surface area (Å²) in [4.78, 5) is 7.01. The number of aromatic nitrogens is 2. The SMILES string of the molecule is CN1CCC(C)(CNc2nc(C(C)(C)C)ns2)CC1. The molecule has 0 radical (unpaired) electrons. The first-order chi connectivity index (χ1) is 8.78. The van der Waals surface area contributed by atoms with Gasteiger partial charge >= 0.3 is 0 Å². The molecular weight excluding hydrogens is 256 g/mol. The fourth-order valence-electron chi connectivity index (χ4n) is 2.22. The summed E-state index contributed by atoms with van der Waals surface area (Å²) in [6, 6.07) is 0. The normalized spacial score (nSPS) is 20.5. The lowest BCUT2D eigenvalue weighted by molar-refractivity contribution is 0.150. The zero-order chi connectivity index (χ0) is 14.1. The molecule has 0 bridgehead atoms. The molecule has 0 unspecified atom stereocenters. The highest BCUT2D eigenvalue weighted by molar-refractivity contribution is 7.09. The van der Waals surface area contributed by atoms with Crippen LogP contribution in [0.4, 0.5) is 5.13 Å². The second-order valence-corrected chi connectivity index (χ2v) is 7.89. The Balaban J connectivity index is 1.90. The number of likely N-dealkylation sites (tertiary alicyclic amines) is 1. The quantitative estimate of drug-likeness (QED) is 0.925. The molecule has 1 aromatic heterocycles. The van der Waals surface area contributed by atoms with Crippen LogP contribution < -0.4 is 5.32 Å². The standard InChI is InChI=1S/C14H26N4S/c1-13(2,3)11-16-12(19-17-11)15-10-14(4)6-8-18(5)9-7-14/h6-10H2,1-5H3,(H,15,16,17). The van der Waals surface area contributed by atoms with Crippen molar-refractivity contribution >= 4 is 16.7 Å². The van der Waals surface area contributed by atoms with Crippen molar-refractivity contribution in [3.63, 3.8) is 0 Å². The zero-order valence-corrected chi connectivity index (χ0v) is 13.6. The third-order valence-corrected chi connectivity index (χ3v) is 4.63. The lowest BCUT2D eigenvalue weighted by Crippen LogP contribution is -2.40. The fraction of sp³-hybridized carbons (Fsp3) is 0.857. The van der Waals surface area contributed by atoms with Crippen LogP contribution in [-0.2, 0) is 5.41 Å². The van der Waals surface area contributed by atoms with Gasteiger partial charge in [0.1, 0.15) is 5.82 Å². The van der Waals surface area contributed by atoms with Crippen LogP contribution >= 0.6 is 11.5 Å². The summed E-state index contributed by atoms with van der Waals surface area (Å²) in [6.07, 6.45) is 2.50. The van der Waals surface area contributed by atoms with E-state index >= 15 is 0 Å². The fourth-order valence-corrected chi connectivity index (χ4v) is 2.98. The number of anilines is 1. The van der Waals surface area contributed by atoms with Crippen molar-refractivity contribution in [2.75, 3.05) is 32.0 Å². The molecule has 4 nitrogen and oxygen atoms in total. The molecule has 0 aromatic carbocycles. The average Bonchev–Trinajstić information content (AvgIpc) is 2.80. The van der Waals surface area contributed by atoms with Gasteiger partial charge in [-0.15, -0.1) is 0 Å². The van der Waals surface area contributed by atoms with Crippen molar-refractivity contribution in [1.29, 1.82) is 0 Å². The Hall–Kier alpha value is -0.680. The second-order valence-electron chi connectivity index (χ2n) is 7.14. The molecule has 1 N–H and O–H groups in total. The Bertz CT molecular complexity index is 413. The van der Waals surface area contributed by atoms with E-state index < -0.39 is 0 Å². The molecule has 0 amide bonds. The Kier molecular flexibility index (Phi) is 4.16. The first-order valence-electron chi connectivity index (χ1n) is 7.05. The van der Waals surface area contributed by atoms with Gasteiger partial charge in [0.25, 0.3) is 0 Å². The van der Waals surface area contributed by atoms with Crippen LogP contribution in [0.3, 0.4) is 0 Å². The highest BCUT2D eigenvalue weighted by atomic mass is 32.1. The van der Waals surface area contributed by atoms with Crippen LogP contribution in [0, 0.1) is 5.41 Å². The molecule has 2 rings (SSSR count). The zero-order valence-electron chi connectivity index (χ0n) is 12.8. The van der Waals surface area contributed by atoms with Crippen molar-refractivity contribution < 1.29 is 0 Å². The number of hydrogen-bond donors (Lipinski definition) is 1. The lowest BCUT2D eigenvalue weighted by atomic mass is 9.80. The van der Waals surface area contributed by atoms with Crippen molar-refractivity contribution in [1.82, 2.24) is 14.3 Å². The van der Waals surface area contributed by atoms with E-state index in [1.54, 1.807) is 0 Å². The van der Waals surface area contributed by atoms with Gasteiger partial charge in [-0.2, -0.15) is 4.37 Å². The molecule has 2 heterocycles. The summed E-state index contributed by atoms with van der Waals surface area (Å²) in [5, 5.41) is 4.45. The third kappa shape index (κ3) is 3.89. The minimum Gasteiger partial charge on any atom is -0.360 e. The maximum Gasteiger partial charge on any atom is 0.202 e. The highest BCUT2D eigenvalue weighted by Gasteiger charge is 2.29. The van der Waals surface area contributed by atoms with Crippen LogP contribution in [0.1, 0.15) is 46.4 Å². The minimum absolute atomic E-state index is 0.0356. The van der Waals surface area contributed by atoms with Crippen molar-refractivity contribution in [2.24, 2.45) is 5.41 Å². The van der Waals surface area contributed by atoms with Crippen molar-refractivity contribution in [2.45, 2.75) is 46.0 Å². The summed E-state index contributed by atoms with van der Waals surface area (Å²) in [7, 11) is 2.20.